The Morgan fingerprint density at radius 2 is 1.90 bits per heavy atom. The van der Waals surface area contributed by atoms with Crippen molar-refractivity contribution in [3.05, 3.63) is 53.1 Å². The molecule has 0 saturated heterocycles. The van der Waals surface area contributed by atoms with Gasteiger partial charge in [-0.25, -0.2) is 4.79 Å². The number of amides is 2. The summed E-state index contributed by atoms with van der Waals surface area (Å²) in [6.07, 6.45) is -0.922. The zero-order chi connectivity index (χ0) is 21.1. The van der Waals surface area contributed by atoms with Crippen LogP contribution in [0.1, 0.15) is 31.1 Å². The highest BCUT2D eigenvalue weighted by Crippen LogP contribution is 2.36. The number of halogens is 1. The Kier molecular flexibility index (Phi) is 6.08. The van der Waals surface area contributed by atoms with Gasteiger partial charge in [0.05, 0.1) is 17.4 Å². The van der Waals surface area contributed by atoms with Gasteiger partial charge in [0.2, 0.25) is 5.91 Å². The van der Waals surface area contributed by atoms with E-state index in [1.807, 2.05) is 0 Å². The highest BCUT2D eigenvalue weighted by Gasteiger charge is 2.32. The molecule has 0 aliphatic carbocycles. The van der Waals surface area contributed by atoms with Gasteiger partial charge in [-0.1, -0.05) is 11.6 Å². The van der Waals surface area contributed by atoms with Gasteiger partial charge in [-0.15, -0.1) is 0 Å². The van der Waals surface area contributed by atoms with Crippen LogP contribution < -0.4 is 15.0 Å². The minimum absolute atomic E-state index is 0.197. The van der Waals surface area contributed by atoms with E-state index >= 15 is 0 Å². The Bertz CT molecular complexity index is 943. The number of carbonyl (C=O) groups is 3. The first kappa shape index (κ1) is 20.7. The molecular weight excluding hydrogens is 396 g/mol. The van der Waals surface area contributed by atoms with E-state index in [0.717, 1.165) is 0 Å². The van der Waals surface area contributed by atoms with Crippen molar-refractivity contribution in [3.63, 3.8) is 0 Å². The minimum atomic E-state index is -0.706. The predicted octanol–water partition coefficient (Wildman–Crippen LogP) is 3.66. The molecule has 29 heavy (non-hydrogen) atoms. The van der Waals surface area contributed by atoms with Crippen LogP contribution in [-0.2, 0) is 14.3 Å². The van der Waals surface area contributed by atoms with Crippen molar-refractivity contribution in [2.45, 2.75) is 33.0 Å². The van der Waals surface area contributed by atoms with Crippen molar-refractivity contribution >= 4 is 40.8 Å². The minimum Gasteiger partial charge on any atom is -0.479 e. The van der Waals surface area contributed by atoms with Gasteiger partial charge in [-0.2, -0.15) is 0 Å². The zero-order valence-electron chi connectivity index (χ0n) is 16.3. The van der Waals surface area contributed by atoms with E-state index < -0.39 is 18.0 Å². The van der Waals surface area contributed by atoms with E-state index in [9.17, 15) is 14.4 Å². The summed E-state index contributed by atoms with van der Waals surface area (Å²) >= 11 is 6.03. The number of rotatable bonds is 5. The number of benzene rings is 2. The van der Waals surface area contributed by atoms with Crippen LogP contribution in [0.4, 0.5) is 11.4 Å². The molecule has 0 radical (unpaired) electrons. The number of ether oxygens (including phenoxy) is 2. The SMILES string of the molecule is CC(C)OC(=O)c1ccc(NC(=O)CN2C(=O)C(C)Oc3ccc(Cl)cc32)cc1. The molecule has 1 aliphatic rings. The molecule has 1 atom stereocenters. The monoisotopic (exact) mass is 416 g/mol. The Labute approximate surface area is 173 Å². The molecular formula is C21H21ClN2O5. The van der Waals surface area contributed by atoms with Crippen molar-refractivity contribution in [2.75, 3.05) is 16.8 Å². The van der Waals surface area contributed by atoms with Gasteiger partial charge in [-0.3, -0.25) is 14.5 Å². The smallest absolute Gasteiger partial charge is 0.338 e. The number of nitrogens with zero attached hydrogens (tertiary/aromatic N) is 1. The average molecular weight is 417 g/mol. The van der Waals surface area contributed by atoms with Gasteiger partial charge in [-0.05, 0) is 63.2 Å². The summed E-state index contributed by atoms with van der Waals surface area (Å²) < 4.78 is 10.7. The maximum Gasteiger partial charge on any atom is 0.338 e. The highest BCUT2D eigenvalue weighted by atomic mass is 35.5. The van der Waals surface area contributed by atoms with Crippen LogP contribution in [0.2, 0.25) is 5.02 Å². The highest BCUT2D eigenvalue weighted by molar-refractivity contribution is 6.31. The third-order valence-corrected chi connectivity index (χ3v) is 4.41. The number of carbonyl (C=O) groups excluding carboxylic acids is 3. The third kappa shape index (κ3) is 4.86. The van der Waals surface area contributed by atoms with Crippen molar-refractivity contribution in [3.8, 4) is 5.75 Å². The number of hydrogen-bond acceptors (Lipinski definition) is 5. The molecule has 0 spiro atoms. The molecule has 1 unspecified atom stereocenters. The van der Waals surface area contributed by atoms with Crippen LogP contribution in [0, 0.1) is 0 Å². The maximum atomic E-state index is 12.5. The lowest BCUT2D eigenvalue weighted by Gasteiger charge is -2.32. The van der Waals surface area contributed by atoms with E-state index in [2.05, 4.69) is 5.32 Å². The van der Waals surface area contributed by atoms with Crippen LogP contribution in [0.5, 0.6) is 5.75 Å². The fourth-order valence-electron chi connectivity index (χ4n) is 2.86. The quantitative estimate of drug-likeness (QED) is 0.752. The average Bonchev–Trinajstić information content (AvgIpc) is 2.66. The van der Waals surface area contributed by atoms with Crippen LogP contribution in [0.3, 0.4) is 0 Å². The molecule has 7 nitrogen and oxygen atoms in total. The van der Waals surface area contributed by atoms with Gasteiger partial charge >= 0.3 is 5.97 Å². The zero-order valence-corrected chi connectivity index (χ0v) is 17.0. The fraction of sp³-hybridized carbons (Fsp3) is 0.286. The molecule has 1 aliphatic heterocycles. The number of anilines is 2. The molecule has 152 valence electrons. The Morgan fingerprint density at radius 1 is 1.21 bits per heavy atom. The summed E-state index contributed by atoms with van der Waals surface area (Å²) in [7, 11) is 0. The van der Waals surface area contributed by atoms with Crippen LogP contribution >= 0.6 is 11.6 Å². The predicted molar refractivity (Wildman–Crippen MR) is 110 cm³/mol. The Hall–Kier alpha value is -3.06. The number of esters is 1. The van der Waals surface area contributed by atoms with Crippen molar-refractivity contribution in [1.82, 2.24) is 0 Å². The van der Waals surface area contributed by atoms with Crippen LogP contribution in [-0.4, -0.2) is 36.5 Å². The second-order valence-corrected chi connectivity index (χ2v) is 7.31. The summed E-state index contributed by atoms with van der Waals surface area (Å²) in [6.45, 7) is 4.97. The van der Waals surface area contributed by atoms with E-state index in [0.29, 0.717) is 27.7 Å². The standard InChI is InChI=1S/C21H21ClN2O5/c1-12(2)28-21(27)14-4-7-16(8-5-14)23-19(25)11-24-17-10-15(22)6-9-18(17)29-13(3)20(24)26/h4-10,12-13H,11H2,1-3H3,(H,23,25). The van der Waals surface area contributed by atoms with Gasteiger partial charge in [0.1, 0.15) is 12.3 Å². The molecule has 2 aromatic rings. The van der Waals surface area contributed by atoms with Crippen molar-refractivity contribution in [1.29, 1.82) is 0 Å². The van der Waals surface area contributed by atoms with Crippen LogP contribution in [0.15, 0.2) is 42.5 Å². The molecule has 1 N–H and O–H groups in total. The Morgan fingerprint density at radius 3 is 2.55 bits per heavy atom. The second kappa shape index (κ2) is 8.53. The van der Waals surface area contributed by atoms with Crippen LogP contribution in [0.25, 0.3) is 0 Å². The fourth-order valence-corrected chi connectivity index (χ4v) is 3.03. The lowest BCUT2D eigenvalue weighted by molar-refractivity contribution is -0.127. The first-order valence-corrected chi connectivity index (χ1v) is 9.51. The molecule has 0 saturated carbocycles. The maximum absolute atomic E-state index is 12.5. The van der Waals surface area contributed by atoms with E-state index in [4.69, 9.17) is 21.1 Å². The van der Waals surface area contributed by atoms with E-state index in [1.165, 1.54) is 4.90 Å². The molecule has 0 aromatic heterocycles. The first-order valence-electron chi connectivity index (χ1n) is 9.13. The van der Waals surface area contributed by atoms with Crippen molar-refractivity contribution < 1.29 is 23.9 Å². The van der Waals surface area contributed by atoms with E-state index in [-0.39, 0.29) is 18.6 Å². The largest absolute Gasteiger partial charge is 0.479 e. The normalized spacial score (nSPS) is 15.6. The molecule has 1 heterocycles. The van der Waals surface area contributed by atoms with Gasteiger partial charge < -0.3 is 14.8 Å². The number of hydrogen-bond donors (Lipinski definition) is 1. The van der Waals surface area contributed by atoms with Gasteiger partial charge in [0, 0.05) is 10.7 Å². The summed E-state index contributed by atoms with van der Waals surface area (Å²) in [4.78, 5) is 38.3. The second-order valence-electron chi connectivity index (χ2n) is 6.88. The molecule has 3 rings (SSSR count). The van der Waals surface area contributed by atoms with Gasteiger partial charge in [0.15, 0.2) is 6.10 Å². The molecule has 0 bridgehead atoms. The summed E-state index contributed by atoms with van der Waals surface area (Å²) in [5.74, 6) is -0.667. The third-order valence-electron chi connectivity index (χ3n) is 4.18. The van der Waals surface area contributed by atoms with Gasteiger partial charge in [0.25, 0.3) is 5.91 Å². The molecule has 2 amide bonds. The molecule has 0 fully saturated rings. The molecule has 2 aromatic carbocycles. The van der Waals surface area contributed by atoms with Crippen molar-refractivity contribution in [2.24, 2.45) is 0 Å². The summed E-state index contributed by atoms with van der Waals surface area (Å²) in [5, 5.41) is 3.15. The Balaban J connectivity index is 1.70. The van der Waals surface area contributed by atoms with E-state index in [1.54, 1.807) is 63.2 Å². The lowest BCUT2D eigenvalue weighted by atomic mass is 10.2. The summed E-state index contributed by atoms with van der Waals surface area (Å²) in [6, 6.07) is 11.2. The summed E-state index contributed by atoms with van der Waals surface area (Å²) in [5.41, 5.74) is 1.33. The first-order chi connectivity index (χ1) is 13.7. The molecule has 8 heteroatoms. The number of fused-ring (bicyclic) bond motifs is 1. The number of nitrogens with one attached hydrogen (secondary N) is 1. The topological polar surface area (TPSA) is 84.9 Å². The lowest BCUT2D eigenvalue weighted by Crippen LogP contribution is -2.47.